The molecule has 0 saturated heterocycles. The van der Waals surface area contributed by atoms with Gasteiger partial charge in [-0.15, -0.1) is 11.8 Å². The fourth-order valence-corrected chi connectivity index (χ4v) is 3.32. The highest BCUT2D eigenvalue weighted by molar-refractivity contribution is 7.99. The first-order valence-corrected chi connectivity index (χ1v) is 10.4. The van der Waals surface area contributed by atoms with Crippen molar-refractivity contribution in [2.75, 3.05) is 12.4 Å². The van der Waals surface area contributed by atoms with Gasteiger partial charge in [-0.05, 0) is 12.3 Å². The Morgan fingerprint density at radius 1 is 1.15 bits per heavy atom. The van der Waals surface area contributed by atoms with Gasteiger partial charge in [0.05, 0.1) is 13.0 Å². The van der Waals surface area contributed by atoms with Gasteiger partial charge in [-0.25, -0.2) is 9.97 Å². The van der Waals surface area contributed by atoms with E-state index in [1.807, 2.05) is 42.7 Å². The van der Waals surface area contributed by atoms with Gasteiger partial charge in [-0.3, -0.25) is 4.79 Å². The Labute approximate surface area is 160 Å². The van der Waals surface area contributed by atoms with Crippen molar-refractivity contribution in [3.63, 3.8) is 0 Å². The minimum Gasteiger partial charge on any atom is -0.465 e. The third-order valence-electron chi connectivity index (χ3n) is 4.26. The standard InChI is InChI=1S/C21H28N2O2S/c1-3-5-9-17(4-2)16-25-20(24)12-13-26-19-14-22-21(23-15-19)18-10-7-6-8-11-18/h6-8,10-11,14-15,17H,3-5,9,12-13,16H2,1-2H3. The molecule has 0 spiro atoms. The second kappa shape index (κ2) is 11.7. The van der Waals surface area contributed by atoms with Crippen molar-refractivity contribution >= 4 is 17.7 Å². The molecule has 5 heteroatoms. The molecule has 1 heterocycles. The van der Waals surface area contributed by atoms with Crippen molar-refractivity contribution < 1.29 is 9.53 Å². The number of esters is 1. The van der Waals surface area contributed by atoms with Crippen LogP contribution in [0.5, 0.6) is 0 Å². The van der Waals surface area contributed by atoms with Crippen LogP contribution in [0.3, 0.4) is 0 Å². The Balaban J connectivity index is 1.69. The lowest BCUT2D eigenvalue weighted by Crippen LogP contribution is -2.14. The summed E-state index contributed by atoms with van der Waals surface area (Å²) in [7, 11) is 0. The Hall–Kier alpha value is -1.88. The molecule has 0 aliphatic heterocycles. The quantitative estimate of drug-likeness (QED) is 0.391. The van der Waals surface area contributed by atoms with E-state index in [0.717, 1.165) is 23.3 Å². The van der Waals surface area contributed by atoms with Crippen molar-refractivity contribution in [1.82, 2.24) is 9.97 Å². The van der Waals surface area contributed by atoms with E-state index in [2.05, 4.69) is 23.8 Å². The smallest absolute Gasteiger partial charge is 0.306 e. The van der Waals surface area contributed by atoms with Crippen LogP contribution < -0.4 is 0 Å². The zero-order valence-electron chi connectivity index (χ0n) is 15.7. The van der Waals surface area contributed by atoms with Crippen molar-refractivity contribution in [2.45, 2.75) is 50.8 Å². The van der Waals surface area contributed by atoms with E-state index < -0.39 is 0 Å². The van der Waals surface area contributed by atoms with E-state index in [1.54, 1.807) is 11.8 Å². The molecule has 0 bridgehead atoms. The lowest BCUT2D eigenvalue weighted by molar-refractivity contribution is -0.144. The molecule has 2 rings (SSSR count). The van der Waals surface area contributed by atoms with E-state index in [1.165, 1.54) is 12.8 Å². The maximum absolute atomic E-state index is 11.9. The van der Waals surface area contributed by atoms with E-state index in [4.69, 9.17) is 4.74 Å². The molecule has 0 N–H and O–H groups in total. The molecule has 0 radical (unpaired) electrons. The van der Waals surface area contributed by atoms with Crippen LogP contribution >= 0.6 is 11.8 Å². The summed E-state index contributed by atoms with van der Waals surface area (Å²) < 4.78 is 5.42. The van der Waals surface area contributed by atoms with Gasteiger partial charge in [0.15, 0.2) is 5.82 Å². The molecule has 1 aromatic heterocycles. The fourth-order valence-electron chi connectivity index (χ4n) is 2.56. The Kier molecular flexibility index (Phi) is 9.18. The number of hydrogen-bond acceptors (Lipinski definition) is 5. The summed E-state index contributed by atoms with van der Waals surface area (Å²) >= 11 is 1.58. The first-order chi connectivity index (χ1) is 12.7. The minimum atomic E-state index is -0.116. The predicted molar refractivity (Wildman–Crippen MR) is 107 cm³/mol. The molecule has 1 aromatic carbocycles. The van der Waals surface area contributed by atoms with Gasteiger partial charge in [0.2, 0.25) is 0 Å². The molecule has 1 unspecified atom stereocenters. The summed E-state index contributed by atoms with van der Waals surface area (Å²) in [5.74, 6) is 1.77. The summed E-state index contributed by atoms with van der Waals surface area (Å²) in [5.41, 5.74) is 1.00. The summed E-state index contributed by atoms with van der Waals surface area (Å²) in [6, 6.07) is 9.89. The number of unbranched alkanes of at least 4 members (excludes halogenated alkanes) is 1. The largest absolute Gasteiger partial charge is 0.465 e. The summed E-state index contributed by atoms with van der Waals surface area (Å²) in [4.78, 5) is 21.7. The lowest BCUT2D eigenvalue weighted by atomic mass is 10.0. The summed E-state index contributed by atoms with van der Waals surface area (Å²) in [5, 5.41) is 0. The van der Waals surface area contributed by atoms with E-state index in [0.29, 0.717) is 30.5 Å². The molecule has 0 amide bonds. The average molecular weight is 373 g/mol. The molecular weight excluding hydrogens is 344 g/mol. The first kappa shape index (κ1) is 20.4. The summed E-state index contributed by atoms with van der Waals surface area (Å²) in [6.45, 7) is 4.89. The van der Waals surface area contributed by atoms with Crippen molar-refractivity contribution in [1.29, 1.82) is 0 Å². The van der Waals surface area contributed by atoms with Crippen LogP contribution in [0.25, 0.3) is 11.4 Å². The van der Waals surface area contributed by atoms with E-state index >= 15 is 0 Å². The highest BCUT2D eigenvalue weighted by Gasteiger charge is 2.10. The van der Waals surface area contributed by atoms with Gasteiger partial charge in [-0.1, -0.05) is 63.4 Å². The van der Waals surface area contributed by atoms with Gasteiger partial charge in [0, 0.05) is 28.6 Å². The molecule has 2 aromatic rings. The number of hydrogen-bond donors (Lipinski definition) is 0. The highest BCUT2D eigenvalue weighted by Crippen LogP contribution is 2.20. The number of thioether (sulfide) groups is 1. The monoisotopic (exact) mass is 372 g/mol. The molecule has 0 aliphatic carbocycles. The van der Waals surface area contributed by atoms with Crippen LogP contribution in [0.15, 0.2) is 47.6 Å². The molecule has 0 aliphatic rings. The maximum Gasteiger partial charge on any atom is 0.306 e. The van der Waals surface area contributed by atoms with Crippen molar-refractivity contribution in [3.8, 4) is 11.4 Å². The Morgan fingerprint density at radius 3 is 2.54 bits per heavy atom. The predicted octanol–water partition coefficient (Wildman–Crippen LogP) is 5.39. The molecular formula is C21H28N2O2S. The number of ether oxygens (including phenoxy) is 1. The van der Waals surface area contributed by atoms with Crippen LogP contribution in [-0.2, 0) is 9.53 Å². The van der Waals surface area contributed by atoms with Crippen molar-refractivity contribution in [3.05, 3.63) is 42.7 Å². The Morgan fingerprint density at radius 2 is 1.88 bits per heavy atom. The minimum absolute atomic E-state index is 0.116. The van der Waals surface area contributed by atoms with Gasteiger partial charge >= 0.3 is 5.97 Å². The SMILES string of the molecule is CCCCC(CC)COC(=O)CCSc1cnc(-c2ccccc2)nc1. The van der Waals surface area contributed by atoms with Gasteiger partial charge in [0.1, 0.15) is 0 Å². The second-order valence-corrected chi connectivity index (χ2v) is 7.47. The van der Waals surface area contributed by atoms with Crippen molar-refractivity contribution in [2.24, 2.45) is 5.92 Å². The van der Waals surface area contributed by atoms with Gasteiger partial charge in [0.25, 0.3) is 0 Å². The van der Waals surface area contributed by atoms with Gasteiger partial charge < -0.3 is 4.74 Å². The maximum atomic E-state index is 11.9. The average Bonchev–Trinajstić information content (AvgIpc) is 2.69. The van der Waals surface area contributed by atoms with Crippen LogP contribution in [-0.4, -0.2) is 28.3 Å². The number of nitrogens with zero attached hydrogens (tertiary/aromatic N) is 2. The zero-order chi connectivity index (χ0) is 18.6. The molecule has 26 heavy (non-hydrogen) atoms. The third-order valence-corrected chi connectivity index (χ3v) is 5.21. The number of aromatic nitrogens is 2. The fraction of sp³-hybridized carbons (Fsp3) is 0.476. The second-order valence-electron chi connectivity index (χ2n) is 6.31. The zero-order valence-corrected chi connectivity index (χ0v) is 16.5. The number of carbonyl (C=O) groups excluding carboxylic acids is 1. The van der Waals surface area contributed by atoms with Crippen LogP contribution in [0.4, 0.5) is 0 Å². The summed E-state index contributed by atoms with van der Waals surface area (Å²) in [6.07, 6.45) is 8.62. The first-order valence-electron chi connectivity index (χ1n) is 9.38. The van der Waals surface area contributed by atoms with E-state index in [-0.39, 0.29) is 5.97 Å². The number of benzene rings is 1. The van der Waals surface area contributed by atoms with Crippen LogP contribution in [0.2, 0.25) is 0 Å². The molecule has 0 saturated carbocycles. The highest BCUT2D eigenvalue weighted by atomic mass is 32.2. The van der Waals surface area contributed by atoms with Crippen LogP contribution in [0.1, 0.15) is 46.0 Å². The van der Waals surface area contributed by atoms with Gasteiger partial charge in [-0.2, -0.15) is 0 Å². The molecule has 1 atom stereocenters. The molecule has 140 valence electrons. The van der Waals surface area contributed by atoms with E-state index in [9.17, 15) is 4.79 Å². The van der Waals surface area contributed by atoms with Crippen LogP contribution in [0, 0.1) is 5.92 Å². The number of carbonyl (C=O) groups is 1. The third kappa shape index (κ3) is 7.16. The normalized spacial score (nSPS) is 11.9. The lowest BCUT2D eigenvalue weighted by Gasteiger charge is -2.14. The topological polar surface area (TPSA) is 52.1 Å². The molecule has 0 fully saturated rings. The Bertz CT molecular complexity index is 647. The number of rotatable bonds is 11. The molecule has 4 nitrogen and oxygen atoms in total.